The van der Waals surface area contributed by atoms with Gasteiger partial charge in [0.1, 0.15) is 35.1 Å². The molecule has 3 aromatic heterocycles. The van der Waals surface area contributed by atoms with Gasteiger partial charge in [-0.2, -0.15) is 0 Å². The summed E-state index contributed by atoms with van der Waals surface area (Å²) in [5, 5.41) is 7.25. The lowest BCUT2D eigenvalue weighted by atomic mass is 10.2. The number of hydrogen-bond acceptors (Lipinski definition) is 11. The minimum atomic E-state index is -4.25. The van der Waals surface area contributed by atoms with Crippen molar-refractivity contribution in [2.75, 3.05) is 25.5 Å². The van der Waals surface area contributed by atoms with Crippen molar-refractivity contribution in [3.05, 3.63) is 66.0 Å². The van der Waals surface area contributed by atoms with E-state index in [0.29, 0.717) is 28.6 Å². The number of ketones is 1. The molecule has 216 valence electrons. The largest absolute Gasteiger partial charge is 0.494 e. The molecular formula is C27H31N7O6S. The van der Waals surface area contributed by atoms with Gasteiger partial charge in [0.25, 0.3) is 0 Å². The average Bonchev–Trinajstić information content (AvgIpc) is 3.35. The number of carbonyl (C=O) groups excluding carboxylic acids is 1. The molecule has 0 bridgehead atoms. The number of ether oxygens (including phenoxy) is 3. The van der Waals surface area contributed by atoms with Crippen LogP contribution in [0.3, 0.4) is 0 Å². The molecule has 0 unspecified atom stereocenters. The molecule has 13 nitrogen and oxygen atoms in total. The molecule has 41 heavy (non-hydrogen) atoms. The van der Waals surface area contributed by atoms with Gasteiger partial charge in [-0.05, 0) is 57.0 Å². The number of aryl methyl sites for hydroxylation is 2. The molecule has 1 N–H and O–H groups in total. The number of sulfonamides is 1. The number of methoxy groups -OCH3 is 2. The van der Waals surface area contributed by atoms with Crippen LogP contribution in [0, 0.1) is 13.8 Å². The monoisotopic (exact) mass is 581 g/mol. The second kappa shape index (κ2) is 12.4. The molecule has 4 rings (SSSR count). The fraction of sp³-hybridized carbons (Fsp3) is 0.333. The Bertz CT molecular complexity index is 1620. The third-order valence-corrected chi connectivity index (χ3v) is 7.79. The van der Waals surface area contributed by atoms with Gasteiger partial charge in [0.15, 0.2) is 17.4 Å². The first-order valence-corrected chi connectivity index (χ1v) is 14.1. The molecule has 0 aliphatic carbocycles. The number of pyridine rings is 1. The Morgan fingerprint density at radius 2 is 1.66 bits per heavy atom. The van der Waals surface area contributed by atoms with Crippen LogP contribution in [0.2, 0.25) is 0 Å². The maximum atomic E-state index is 13.8. The zero-order valence-corrected chi connectivity index (χ0v) is 24.3. The number of nitrogens with zero attached hydrogens (tertiary/aromatic N) is 6. The van der Waals surface area contributed by atoms with Gasteiger partial charge in [-0.3, -0.25) is 19.1 Å². The fourth-order valence-corrected chi connectivity index (χ4v) is 5.14. The van der Waals surface area contributed by atoms with E-state index in [1.807, 2.05) is 13.0 Å². The zero-order valence-electron chi connectivity index (χ0n) is 23.5. The Morgan fingerprint density at radius 3 is 2.24 bits per heavy atom. The quantitative estimate of drug-likeness (QED) is 0.262. The standard InChI is InChI=1S/C27H31N7O6S/c1-16-10-20(14-28-11-16)26-31-32-27(34(26)23-21(38-5)8-7-9-22(23)39-6)33-41(36,37)19(4)24(40-15-18(3)35)25-29-12-17(2)13-30-25/h7-14,19,24H,15H2,1-6H3,(H,32,33)/t19-,24+/m1/s1. The van der Waals surface area contributed by atoms with Crippen molar-refractivity contribution in [1.82, 2.24) is 29.7 Å². The highest BCUT2D eigenvalue weighted by atomic mass is 32.2. The van der Waals surface area contributed by atoms with Crippen molar-refractivity contribution in [3.63, 3.8) is 0 Å². The Hall–Kier alpha value is -4.43. The van der Waals surface area contributed by atoms with Gasteiger partial charge in [0.05, 0.1) is 14.2 Å². The van der Waals surface area contributed by atoms with Crippen molar-refractivity contribution in [1.29, 1.82) is 0 Å². The minimum Gasteiger partial charge on any atom is -0.494 e. The SMILES string of the molecule is COc1cccc(OC)c1-n1c(NS(=O)(=O)[C@H](C)[C@H](OCC(C)=O)c2ncc(C)cn2)nnc1-c1cncc(C)c1. The number of benzene rings is 1. The van der Waals surface area contributed by atoms with Gasteiger partial charge in [0, 0.05) is 30.4 Å². The van der Waals surface area contributed by atoms with Gasteiger partial charge < -0.3 is 14.2 Å². The van der Waals surface area contributed by atoms with Gasteiger partial charge in [-0.1, -0.05) is 6.07 Å². The number of Topliss-reactive ketones (excluding diaryl/α,β-unsaturated/α-hetero) is 1. The van der Waals surface area contributed by atoms with E-state index in [9.17, 15) is 13.2 Å². The van der Waals surface area contributed by atoms with Crippen LogP contribution in [-0.4, -0.2) is 70.0 Å². The van der Waals surface area contributed by atoms with Crippen molar-refractivity contribution in [2.45, 2.75) is 39.0 Å². The molecule has 0 radical (unpaired) electrons. The Balaban J connectivity index is 1.84. The lowest BCUT2D eigenvalue weighted by Gasteiger charge is -2.24. The van der Waals surface area contributed by atoms with E-state index >= 15 is 0 Å². The van der Waals surface area contributed by atoms with E-state index in [4.69, 9.17) is 14.2 Å². The maximum absolute atomic E-state index is 13.8. The lowest BCUT2D eigenvalue weighted by molar-refractivity contribution is -0.123. The summed E-state index contributed by atoms with van der Waals surface area (Å²) in [6.07, 6.45) is 5.22. The number of para-hydroxylation sites is 1. The molecule has 0 amide bonds. The van der Waals surface area contributed by atoms with Gasteiger partial charge in [0.2, 0.25) is 16.0 Å². The average molecular weight is 582 g/mol. The number of anilines is 1. The van der Waals surface area contributed by atoms with E-state index in [1.54, 1.807) is 49.9 Å². The predicted octanol–water partition coefficient (Wildman–Crippen LogP) is 3.23. The third-order valence-electron chi connectivity index (χ3n) is 6.09. The number of hydrogen-bond donors (Lipinski definition) is 1. The highest BCUT2D eigenvalue weighted by molar-refractivity contribution is 7.93. The first-order valence-electron chi connectivity index (χ1n) is 12.6. The Kier molecular flexibility index (Phi) is 8.93. The van der Waals surface area contributed by atoms with Gasteiger partial charge in [-0.25, -0.2) is 18.4 Å². The maximum Gasteiger partial charge on any atom is 0.243 e. The van der Waals surface area contributed by atoms with Crippen molar-refractivity contribution < 1.29 is 27.4 Å². The van der Waals surface area contributed by atoms with Crippen molar-refractivity contribution in [2.24, 2.45) is 0 Å². The van der Waals surface area contributed by atoms with Crippen molar-refractivity contribution >= 4 is 21.8 Å². The first kappa shape index (κ1) is 29.6. The second-order valence-corrected chi connectivity index (χ2v) is 11.4. The summed E-state index contributed by atoms with van der Waals surface area (Å²) in [6.45, 7) is 6.14. The van der Waals surface area contributed by atoms with Crippen LogP contribution >= 0.6 is 0 Å². The van der Waals surface area contributed by atoms with Crippen LogP contribution in [0.5, 0.6) is 11.5 Å². The normalized spacial score (nSPS) is 12.9. The van der Waals surface area contributed by atoms with Crippen LogP contribution in [-0.2, 0) is 19.6 Å². The highest BCUT2D eigenvalue weighted by Crippen LogP contribution is 2.38. The van der Waals surface area contributed by atoms with E-state index in [-0.39, 0.29) is 24.2 Å². The summed E-state index contributed by atoms with van der Waals surface area (Å²) in [4.78, 5) is 24.4. The lowest BCUT2D eigenvalue weighted by Crippen LogP contribution is -2.34. The van der Waals surface area contributed by atoms with Gasteiger partial charge >= 0.3 is 0 Å². The molecule has 14 heteroatoms. The topological polar surface area (TPSA) is 160 Å². The molecule has 0 saturated carbocycles. The summed E-state index contributed by atoms with van der Waals surface area (Å²) in [5.41, 5.74) is 2.60. The van der Waals surface area contributed by atoms with Crippen LogP contribution < -0.4 is 14.2 Å². The molecule has 0 fully saturated rings. The molecule has 3 heterocycles. The van der Waals surface area contributed by atoms with E-state index in [2.05, 4.69) is 29.9 Å². The highest BCUT2D eigenvalue weighted by Gasteiger charge is 2.36. The number of rotatable bonds is 12. The summed E-state index contributed by atoms with van der Waals surface area (Å²) in [7, 11) is -1.28. The number of carbonyl (C=O) groups is 1. The van der Waals surface area contributed by atoms with E-state index in [1.165, 1.54) is 32.6 Å². The zero-order chi connectivity index (χ0) is 29.7. The van der Waals surface area contributed by atoms with Crippen LogP contribution in [0.4, 0.5) is 5.95 Å². The molecule has 0 aliphatic rings. The Morgan fingerprint density at radius 1 is 1.00 bits per heavy atom. The van der Waals surface area contributed by atoms with Gasteiger partial charge in [-0.15, -0.1) is 10.2 Å². The fourth-order valence-electron chi connectivity index (χ4n) is 4.04. The summed E-state index contributed by atoms with van der Waals surface area (Å²) < 4.78 is 48.6. The number of aromatic nitrogens is 6. The van der Waals surface area contributed by atoms with Crippen LogP contribution in [0.15, 0.2) is 49.1 Å². The molecular weight excluding hydrogens is 550 g/mol. The predicted molar refractivity (Wildman–Crippen MR) is 151 cm³/mol. The summed E-state index contributed by atoms with van der Waals surface area (Å²) in [5.74, 6) is 0.769. The molecule has 0 spiro atoms. The molecule has 4 aromatic rings. The molecule has 0 aliphatic heterocycles. The van der Waals surface area contributed by atoms with Crippen molar-refractivity contribution in [3.8, 4) is 28.6 Å². The molecule has 1 aromatic carbocycles. The summed E-state index contributed by atoms with van der Waals surface area (Å²) in [6, 6.07) is 7.00. The van der Waals surface area contributed by atoms with Crippen LogP contribution in [0.1, 0.15) is 36.9 Å². The van der Waals surface area contributed by atoms with E-state index in [0.717, 1.165) is 11.1 Å². The molecule has 2 atom stereocenters. The van der Waals surface area contributed by atoms with Crippen LogP contribution in [0.25, 0.3) is 17.1 Å². The van der Waals surface area contributed by atoms with E-state index < -0.39 is 21.4 Å². The number of nitrogens with one attached hydrogen (secondary N) is 1. The molecule has 0 saturated heterocycles. The summed E-state index contributed by atoms with van der Waals surface area (Å²) >= 11 is 0. The minimum absolute atomic E-state index is 0.120. The second-order valence-electron chi connectivity index (χ2n) is 9.35. The first-order chi connectivity index (χ1) is 19.6. The Labute approximate surface area is 238 Å². The third kappa shape index (κ3) is 6.49. The smallest absolute Gasteiger partial charge is 0.243 e.